The van der Waals surface area contributed by atoms with Crippen LogP contribution in [0.25, 0.3) is 11.1 Å². The number of carbonyl (C=O) groups is 1. The Morgan fingerprint density at radius 3 is 2.50 bits per heavy atom. The van der Waals surface area contributed by atoms with Crippen LogP contribution in [-0.2, 0) is 4.79 Å². The second-order valence-electron chi connectivity index (χ2n) is 8.26. The van der Waals surface area contributed by atoms with E-state index < -0.39 is 0 Å². The molecule has 4 nitrogen and oxygen atoms in total. The van der Waals surface area contributed by atoms with Gasteiger partial charge in [0, 0.05) is 36.3 Å². The van der Waals surface area contributed by atoms with Crippen molar-refractivity contribution in [1.29, 1.82) is 0 Å². The minimum atomic E-state index is 0.263. The smallest absolute Gasteiger partial charge is 0.225 e. The summed E-state index contributed by atoms with van der Waals surface area (Å²) in [6.45, 7) is 3.78. The summed E-state index contributed by atoms with van der Waals surface area (Å²) in [4.78, 5) is 19.8. The normalized spacial score (nSPS) is 20.4. The molecule has 148 valence electrons. The minimum absolute atomic E-state index is 0.263. The molecule has 1 aromatic heterocycles. The maximum atomic E-state index is 12.9. The number of aryl methyl sites for hydroxylation is 1. The van der Waals surface area contributed by atoms with Gasteiger partial charge in [-0.2, -0.15) is 0 Å². The van der Waals surface area contributed by atoms with Gasteiger partial charge in [0.25, 0.3) is 0 Å². The van der Waals surface area contributed by atoms with E-state index in [2.05, 4.69) is 36.1 Å². The van der Waals surface area contributed by atoms with Crippen molar-refractivity contribution >= 4 is 5.91 Å². The van der Waals surface area contributed by atoms with Crippen molar-refractivity contribution in [2.45, 2.75) is 51.4 Å². The van der Waals surface area contributed by atoms with Gasteiger partial charge in [-0.3, -0.25) is 9.78 Å². The van der Waals surface area contributed by atoms with E-state index in [4.69, 9.17) is 9.72 Å². The van der Waals surface area contributed by atoms with Crippen molar-refractivity contribution < 1.29 is 9.53 Å². The van der Waals surface area contributed by atoms with Gasteiger partial charge < -0.3 is 9.64 Å². The summed E-state index contributed by atoms with van der Waals surface area (Å²) in [5.41, 5.74) is 4.50. The highest BCUT2D eigenvalue weighted by molar-refractivity contribution is 5.79. The number of nitrogens with zero attached hydrogens (tertiary/aromatic N) is 2. The molecule has 28 heavy (non-hydrogen) atoms. The molecule has 1 saturated heterocycles. The number of ether oxygens (including phenoxy) is 1. The zero-order valence-electron chi connectivity index (χ0n) is 17.0. The first-order valence-corrected chi connectivity index (χ1v) is 10.6. The molecule has 2 heterocycles. The molecule has 1 aliphatic heterocycles. The number of hydrogen-bond acceptors (Lipinski definition) is 3. The molecule has 1 aliphatic carbocycles. The minimum Gasteiger partial charge on any atom is -0.497 e. The van der Waals surface area contributed by atoms with Crippen molar-refractivity contribution in [2.24, 2.45) is 5.92 Å². The number of hydrogen-bond donors (Lipinski definition) is 0. The van der Waals surface area contributed by atoms with E-state index in [-0.39, 0.29) is 5.92 Å². The fourth-order valence-electron chi connectivity index (χ4n) is 4.70. The van der Waals surface area contributed by atoms with Gasteiger partial charge >= 0.3 is 0 Å². The SMILES string of the molecule is COc1ccc(-c2cc(C)nc([C@@H]3CCCN(C(=O)C4CCCC4)C3)c2)cc1. The molecule has 4 rings (SSSR count). The van der Waals surface area contributed by atoms with Crippen LogP contribution in [0.1, 0.15) is 55.8 Å². The van der Waals surface area contributed by atoms with E-state index in [1.165, 1.54) is 24.0 Å². The molecular weight excluding hydrogens is 348 g/mol. The predicted octanol–water partition coefficient (Wildman–Crippen LogP) is 4.96. The summed E-state index contributed by atoms with van der Waals surface area (Å²) in [6.07, 6.45) is 6.73. The van der Waals surface area contributed by atoms with Crippen molar-refractivity contribution in [1.82, 2.24) is 9.88 Å². The topological polar surface area (TPSA) is 42.4 Å². The second-order valence-corrected chi connectivity index (χ2v) is 8.26. The summed E-state index contributed by atoms with van der Waals surface area (Å²) in [6, 6.07) is 12.5. The van der Waals surface area contributed by atoms with Crippen LogP contribution in [-0.4, -0.2) is 36.0 Å². The molecule has 0 spiro atoms. The van der Waals surface area contributed by atoms with Gasteiger partial charge in [0.1, 0.15) is 5.75 Å². The first-order valence-electron chi connectivity index (χ1n) is 10.6. The van der Waals surface area contributed by atoms with Crippen LogP contribution in [0, 0.1) is 12.8 Å². The predicted molar refractivity (Wildman–Crippen MR) is 111 cm³/mol. The zero-order valence-corrected chi connectivity index (χ0v) is 17.0. The summed E-state index contributed by atoms with van der Waals surface area (Å²) >= 11 is 0. The fourth-order valence-corrected chi connectivity index (χ4v) is 4.70. The van der Waals surface area contributed by atoms with Gasteiger partial charge in [-0.05, 0) is 68.0 Å². The van der Waals surface area contributed by atoms with E-state index >= 15 is 0 Å². The highest BCUT2D eigenvalue weighted by atomic mass is 16.5. The first-order chi connectivity index (χ1) is 13.6. The van der Waals surface area contributed by atoms with Crippen LogP contribution < -0.4 is 4.74 Å². The highest BCUT2D eigenvalue weighted by Crippen LogP contribution is 2.33. The van der Waals surface area contributed by atoms with E-state index in [1.807, 2.05) is 12.1 Å². The second kappa shape index (κ2) is 8.34. The fraction of sp³-hybridized carbons (Fsp3) is 0.500. The Bertz CT molecular complexity index is 825. The van der Waals surface area contributed by atoms with Crippen molar-refractivity contribution in [3.8, 4) is 16.9 Å². The Kier molecular flexibility index (Phi) is 5.65. The molecule has 0 bridgehead atoms. The number of pyridine rings is 1. The third kappa shape index (κ3) is 4.06. The molecule has 2 aliphatic rings. The number of amides is 1. The lowest BCUT2D eigenvalue weighted by atomic mass is 9.91. The molecule has 0 unspecified atom stereocenters. The molecule has 4 heteroatoms. The number of piperidine rings is 1. The molecule has 1 saturated carbocycles. The monoisotopic (exact) mass is 378 g/mol. The summed E-state index contributed by atoms with van der Waals surface area (Å²) in [5, 5.41) is 0. The van der Waals surface area contributed by atoms with Crippen molar-refractivity contribution in [2.75, 3.05) is 20.2 Å². The molecule has 2 aromatic rings. The van der Waals surface area contributed by atoms with Crippen LogP contribution >= 0.6 is 0 Å². The zero-order chi connectivity index (χ0) is 19.5. The molecule has 1 atom stereocenters. The standard InChI is InChI=1S/C24H30N2O2/c1-17-14-21(18-9-11-22(28-2)12-10-18)15-23(25-17)20-8-5-13-26(16-20)24(27)19-6-3-4-7-19/h9-12,14-15,19-20H,3-8,13,16H2,1-2H3/t20-/m1/s1. The lowest BCUT2D eigenvalue weighted by Gasteiger charge is -2.34. The van der Waals surface area contributed by atoms with Gasteiger partial charge in [-0.1, -0.05) is 25.0 Å². The molecule has 1 aromatic carbocycles. The molecular formula is C24H30N2O2. The number of methoxy groups -OCH3 is 1. The van der Waals surface area contributed by atoms with Crippen LogP contribution in [0.4, 0.5) is 0 Å². The molecule has 1 amide bonds. The highest BCUT2D eigenvalue weighted by Gasteiger charge is 2.31. The average Bonchev–Trinajstić information content (AvgIpc) is 3.28. The quantitative estimate of drug-likeness (QED) is 0.755. The van der Waals surface area contributed by atoms with E-state index in [0.29, 0.717) is 11.8 Å². The Morgan fingerprint density at radius 2 is 1.79 bits per heavy atom. The third-order valence-electron chi connectivity index (χ3n) is 6.25. The maximum Gasteiger partial charge on any atom is 0.225 e. The van der Waals surface area contributed by atoms with E-state index in [1.54, 1.807) is 7.11 Å². The van der Waals surface area contributed by atoms with Crippen LogP contribution in [0.15, 0.2) is 36.4 Å². The number of rotatable bonds is 4. The largest absolute Gasteiger partial charge is 0.497 e. The van der Waals surface area contributed by atoms with Crippen LogP contribution in [0.2, 0.25) is 0 Å². The number of benzene rings is 1. The van der Waals surface area contributed by atoms with Gasteiger partial charge in [0.2, 0.25) is 5.91 Å². The Balaban J connectivity index is 1.54. The Labute approximate surface area is 167 Å². The molecule has 2 fully saturated rings. The number of aromatic nitrogens is 1. The van der Waals surface area contributed by atoms with E-state index in [9.17, 15) is 4.79 Å². The average molecular weight is 379 g/mol. The maximum absolute atomic E-state index is 12.9. The molecule has 0 N–H and O–H groups in total. The van der Waals surface area contributed by atoms with Crippen LogP contribution in [0.3, 0.4) is 0 Å². The summed E-state index contributed by atoms with van der Waals surface area (Å²) in [5.74, 6) is 1.84. The summed E-state index contributed by atoms with van der Waals surface area (Å²) in [7, 11) is 1.69. The van der Waals surface area contributed by atoms with Crippen molar-refractivity contribution in [3.05, 3.63) is 47.8 Å². The number of likely N-dealkylation sites (tertiary alicyclic amines) is 1. The van der Waals surface area contributed by atoms with Gasteiger partial charge in [-0.15, -0.1) is 0 Å². The summed E-state index contributed by atoms with van der Waals surface area (Å²) < 4.78 is 5.27. The lowest BCUT2D eigenvalue weighted by Crippen LogP contribution is -2.42. The third-order valence-corrected chi connectivity index (χ3v) is 6.25. The number of carbonyl (C=O) groups excluding carboxylic acids is 1. The Morgan fingerprint density at radius 1 is 1.04 bits per heavy atom. The Hall–Kier alpha value is -2.36. The van der Waals surface area contributed by atoms with E-state index in [0.717, 1.165) is 55.9 Å². The van der Waals surface area contributed by atoms with Crippen LogP contribution in [0.5, 0.6) is 5.75 Å². The van der Waals surface area contributed by atoms with Gasteiger partial charge in [0.05, 0.1) is 7.11 Å². The lowest BCUT2D eigenvalue weighted by molar-refractivity contribution is -0.136. The first kappa shape index (κ1) is 19.0. The molecule has 0 radical (unpaired) electrons. The van der Waals surface area contributed by atoms with Crippen molar-refractivity contribution in [3.63, 3.8) is 0 Å². The van der Waals surface area contributed by atoms with Gasteiger partial charge in [0.15, 0.2) is 0 Å². The van der Waals surface area contributed by atoms with Gasteiger partial charge in [-0.25, -0.2) is 0 Å².